The number of aromatic hydroxyl groups is 1. The van der Waals surface area contributed by atoms with E-state index < -0.39 is 0 Å². The molecule has 0 spiro atoms. The molecule has 23 heavy (non-hydrogen) atoms. The first-order chi connectivity index (χ1) is 11.2. The van der Waals surface area contributed by atoms with Gasteiger partial charge >= 0.3 is 0 Å². The zero-order chi connectivity index (χ0) is 16.2. The van der Waals surface area contributed by atoms with E-state index in [9.17, 15) is 9.90 Å². The molecule has 0 bridgehead atoms. The van der Waals surface area contributed by atoms with Crippen LogP contribution in [0.15, 0.2) is 29.4 Å². The summed E-state index contributed by atoms with van der Waals surface area (Å²) in [4.78, 5) is 12.0. The Kier molecular flexibility index (Phi) is 4.27. The number of ether oxygens (including phenoxy) is 1. The van der Waals surface area contributed by atoms with Crippen molar-refractivity contribution >= 4 is 12.1 Å². The molecule has 1 aliphatic rings. The van der Waals surface area contributed by atoms with E-state index in [2.05, 4.69) is 20.7 Å². The minimum absolute atomic E-state index is 0.0677. The van der Waals surface area contributed by atoms with Gasteiger partial charge in [0.2, 0.25) is 0 Å². The normalized spacial score (nSPS) is 14.1. The molecule has 2 aromatic rings. The third-order valence-electron chi connectivity index (χ3n) is 3.50. The van der Waals surface area contributed by atoms with E-state index in [4.69, 9.17) is 4.74 Å². The molecule has 0 saturated heterocycles. The van der Waals surface area contributed by atoms with Gasteiger partial charge in [0, 0.05) is 5.92 Å². The number of phenolic OH excluding ortho intramolecular Hbond substituents is 1. The second-order valence-corrected chi connectivity index (χ2v) is 5.34. The molecule has 3 N–H and O–H groups in total. The second-order valence-electron chi connectivity index (χ2n) is 5.34. The number of nitrogens with zero attached hydrogens (tertiary/aromatic N) is 2. The predicted molar refractivity (Wildman–Crippen MR) is 84.9 cm³/mol. The summed E-state index contributed by atoms with van der Waals surface area (Å²) >= 11 is 0. The number of phenols is 1. The highest BCUT2D eigenvalue weighted by Gasteiger charge is 2.26. The lowest BCUT2D eigenvalue weighted by atomic mass is 10.2. The molecule has 1 heterocycles. The average molecular weight is 314 g/mol. The fraction of sp³-hybridized carbons (Fsp3) is 0.312. The summed E-state index contributed by atoms with van der Waals surface area (Å²) < 4.78 is 5.29. The summed E-state index contributed by atoms with van der Waals surface area (Å²) in [5.74, 6) is 0.596. The fourth-order valence-electron chi connectivity index (χ4n) is 2.15. The number of hydrazone groups is 1. The van der Waals surface area contributed by atoms with Crippen LogP contribution in [0.25, 0.3) is 0 Å². The van der Waals surface area contributed by atoms with Crippen molar-refractivity contribution < 1.29 is 14.6 Å². The first-order valence-electron chi connectivity index (χ1n) is 7.52. The van der Waals surface area contributed by atoms with Gasteiger partial charge in [0.15, 0.2) is 11.5 Å². The standard InChI is InChI=1S/C16H18N4O3/c1-2-23-15-7-10(3-6-14(15)21)9-17-20-16(22)13-8-12(18-19-13)11-4-5-11/h3,6-9,11,21H,2,4-5H2,1H3,(H,18,19)(H,20,22)/b17-9+. The van der Waals surface area contributed by atoms with E-state index in [1.54, 1.807) is 18.2 Å². The lowest BCUT2D eigenvalue weighted by molar-refractivity contribution is 0.0950. The molecule has 7 nitrogen and oxygen atoms in total. The van der Waals surface area contributed by atoms with E-state index >= 15 is 0 Å². The Labute approximate surface area is 133 Å². The third kappa shape index (κ3) is 3.68. The molecular formula is C16H18N4O3. The van der Waals surface area contributed by atoms with E-state index in [0.717, 1.165) is 18.5 Å². The van der Waals surface area contributed by atoms with Crippen LogP contribution in [0.2, 0.25) is 0 Å². The molecule has 1 fully saturated rings. The Morgan fingerprint density at radius 1 is 1.52 bits per heavy atom. The first kappa shape index (κ1) is 15.1. The zero-order valence-electron chi connectivity index (χ0n) is 12.7. The lowest BCUT2D eigenvalue weighted by Crippen LogP contribution is -2.18. The number of aromatic amines is 1. The fourth-order valence-corrected chi connectivity index (χ4v) is 2.15. The van der Waals surface area contributed by atoms with E-state index in [-0.39, 0.29) is 11.7 Å². The van der Waals surface area contributed by atoms with Crippen molar-refractivity contribution in [2.45, 2.75) is 25.7 Å². The maximum atomic E-state index is 12.0. The van der Waals surface area contributed by atoms with Gasteiger partial charge in [-0.1, -0.05) is 0 Å². The Hall–Kier alpha value is -2.83. The summed E-state index contributed by atoms with van der Waals surface area (Å²) in [5, 5.41) is 20.4. The van der Waals surface area contributed by atoms with Crippen LogP contribution in [0.3, 0.4) is 0 Å². The molecule has 1 amide bonds. The number of nitrogens with one attached hydrogen (secondary N) is 2. The third-order valence-corrected chi connectivity index (χ3v) is 3.50. The monoisotopic (exact) mass is 314 g/mol. The molecule has 120 valence electrons. The van der Waals surface area contributed by atoms with Gasteiger partial charge < -0.3 is 9.84 Å². The quantitative estimate of drug-likeness (QED) is 0.562. The molecule has 1 saturated carbocycles. The van der Waals surface area contributed by atoms with Crippen LogP contribution in [0.5, 0.6) is 11.5 Å². The molecule has 3 rings (SSSR count). The van der Waals surface area contributed by atoms with E-state index in [1.807, 2.05) is 6.92 Å². The van der Waals surface area contributed by atoms with E-state index in [0.29, 0.717) is 29.5 Å². The number of hydrogen-bond acceptors (Lipinski definition) is 5. The Balaban J connectivity index is 1.61. The van der Waals surface area contributed by atoms with Crippen LogP contribution >= 0.6 is 0 Å². The van der Waals surface area contributed by atoms with Crippen LogP contribution in [0, 0.1) is 0 Å². The summed E-state index contributed by atoms with van der Waals surface area (Å²) in [7, 11) is 0. The van der Waals surface area contributed by atoms with Gasteiger partial charge in [-0.3, -0.25) is 9.89 Å². The van der Waals surface area contributed by atoms with E-state index in [1.165, 1.54) is 12.3 Å². The molecule has 7 heteroatoms. The van der Waals surface area contributed by atoms with Crippen LogP contribution in [0.4, 0.5) is 0 Å². The number of rotatable bonds is 6. The van der Waals surface area contributed by atoms with Crippen molar-refractivity contribution in [2.24, 2.45) is 5.10 Å². The Bertz CT molecular complexity index is 735. The number of carbonyl (C=O) groups excluding carboxylic acids is 1. The largest absolute Gasteiger partial charge is 0.504 e. The van der Waals surface area contributed by atoms with Crippen LogP contribution < -0.4 is 10.2 Å². The highest BCUT2D eigenvalue weighted by Crippen LogP contribution is 2.38. The van der Waals surface area contributed by atoms with Crippen molar-refractivity contribution in [1.82, 2.24) is 15.6 Å². The molecule has 0 atom stereocenters. The van der Waals surface area contributed by atoms with Crippen molar-refractivity contribution in [3.63, 3.8) is 0 Å². The number of carbonyl (C=O) groups is 1. The molecule has 1 aromatic heterocycles. The van der Waals surface area contributed by atoms with Crippen molar-refractivity contribution in [2.75, 3.05) is 6.61 Å². The van der Waals surface area contributed by atoms with Gasteiger partial charge in [0.25, 0.3) is 5.91 Å². The molecule has 1 aromatic carbocycles. The zero-order valence-corrected chi connectivity index (χ0v) is 12.7. The van der Waals surface area contributed by atoms with Crippen LogP contribution in [-0.4, -0.2) is 34.0 Å². The highest BCUT2D eigenvalue weighted by molar-refractivity contribution is 5.93. The van der Waals surface area contributed by atoms with Crippen LogP contribution in [0.1, 0.15) is 47.4 Å². The van der Waals surface area contributed by atoms with Gasteiger partial charge in [0.05, 0.1) is 18.5 Å². The van der Waals surface area contributed by atoms with Gasteiger partial charge in [0.1, 0.15) is 5.69 Å². The molecule has 1 aliphatic carbocycles. The molecule has 0 unspecified atom stereocenters. The topological polar surface area (TPSA) is 99.6 Å². The minimum atomic E-state index is -0.343. The van der Waals surface area contributed by atoms with Crippen molar-refractivity contribution in [3.05, 3.63) is 41.2 Å². The molecule has 0 aliphatic heterocycles. The van der Waals surface area contributed by atoms with Gasteiger partial charge in [-0.15, -0.1) is 0 Å². The van der Waals surface area contributed by atoms with Gasteiger partial charge in [-0.2, -0.15) is 10.2 Å². The highest BCUT2D eigenvalue weighted by atomic mass is 16.5. The number of hydrogen-bond donors (Lipinski definition) is 3. The summed E-state index contributed by atoms with van der Waals surface area (Å²) in [6, 6.07) is 6.60. The van der Waals surface area contributed by atoms with Crippen LogP contribution in [-0.2, 0) is 0 Å². The average Bonchev–Trinajstić information content (AvgIpc) is 3.27. The summed E-state index contributed by atoms with van der Waals surface area (Å²) in [5.41, 5.74) is 4.47. The first-order valence-corrected chi connectivity index (χ1v) is 7.52. The minimum Gasteiger partial charge on any atom is -0.504 e. The number of benzene rings is 1. The smallest absolute Gasteiger partial charge is 0.289 e. The SMILES string of the molecule is CCOc1cc(/C=N/NC(=O)c2cc(C3CC3)n[nH]2)ccc1O. The molecular weight excluding hydrogens is 296 g/mol. The Morgan fingerprint density at radius 3 is 3.09 bits per heavy atom. The maximum absolute atomic E-state index is 12.0. The van der Waals surface area contributed by atoms with Crippen molar-refractivity contribution in [3.8, 4) is 11.5 Å². The molecule has 0 radical (unpaired) electrons. The predicted octanol–water partition coefficient (Wildman–Crippen LogP) is 2.16. The van der Waals surface area contributed by atoms with Gasteiger partial charge in [-0.25, -0.2) is 5.43 Å². The second kappa shape index (κ2) is 6.51. The van der Waals surface area contributed by atoms with Gasteiger partial charge in [-0.05, 0) is 49.6 Å². The lowest BCUT2D eigenvalue weighted by Gasteiger charge is -2.05. The summed E-state index contributed by atoms with van der Waals surface area (Å²) in [6.07, 6.45) is 3.75. The number of aromatic nitrogens is 2. The Morgan fingerprint density at radius 2 is 2.35 bits per heavy atom. The van der Waals surface area contributed by atoms with Crippen molar-refractivity contribution in [1.29, 1.82) is 0 Å². The maximum Gasteiger partial charge on any atom is 0.289 e. The summed E-state index contributed by atoms with van der Waals surface area (Å²) in [6.45, 7) is 2.29. The number of amides is 1. The number of H-pyrrole nitrogens is 1.